The van der Waals surface area contributed by atoms with Crippen molar-refractivity contribution >= 4 is 58.2 Å². The summed E-state index contributed by atoms with van der Waals surface area (Å²) in [6.07, 6.45) is 3.50. The summed E-state index contributed by atoms with van der Waals surface area (Å²) in [5, 5.41) is 12.0. The fraction of sp³-hybridized carbons (Fsp3) is 0.467. The lowest BCUT2D eigenvalue weighted by Crippen LogP contribution is -2.68. The molecule has 2 unspecified atom stereocenters. The lowest BCUT2D eigenvalue weighted by Gasteiger charge is -2.52. The van der Waals surface area contributed by atoms with Gasteiger partial charge < -0.3 is 24.3 Å². The standard InChI is InChI=1S/C45H49ClN8O6/c1-29-23-44(25-53(29)34-8-5-31(24-47)37(46)22-34)13-15-50(16-14-44)32-6-3-30(4-7-32)41(57)51-19-17-49(18-20-51)26-45(60-2)27-52(28-45)33-9-10-35-36(21-33)43(59)54(42(35)58)38-11-12-39(55)48-40(38)56/h3-10,21-22,29,38H,11-20,23,25-28H2,1-2H3,(H,48,55,56). The van der Waals surface area contributed by atoms with Crippen molar-refractivity contribution in [1.29, 1.82) is 5.26 Å². The van der Waals surface area contributed by atoms with Crippen LogP contribution in [0.1, 0.15) is 75.7 Å². The highest BCUT2D eigenvalue weighted by molar-refractivity contribution is 6.32. The van der Waals surface area contributed by atoms with E-state index in [0.29, 0.717) is 54.9 Å². The molecular formula is C45H49ClN8O6. The van der Waals surface area contributed by atoms with Crippen LogP contribution in [0.2, 0.25) is 5.02 Å². The number of rotatable bonds is 8. The quantitative estimate of drug-likeness (QED) is 0.326. The van der Waals surface area contributed by atoms with E-state index in [1.54, 1.807) is 19.2 Å². The Morgan fingerprint density at radius 3 is 2.20 bits per heavy atom. The monoisotopic (exact) mass is 832 g/mol. The van der Waals surface area contributed by atoms with E-state index in [4.69, 9.17) is 16.3 Å². The first-order chi connectivity index (χ1) is 28.9. The fourth-order valence-corrected chi connectivity index (χ4v) is 10.6. The first-order valence-corrected chi connectivity index (χ1v) is 21.3. The van der Waals surface area contributed by atoms with Gasteiger partial charge in [0.25, 0.3) is 17.7 Å². The van der Waals surface area contributed by atoms with Crippen LogP contribution in [-0.4, -0.2) is 134 Å². The van der Waals surface area contributed by atoms with Crippen LogP contribution < -0.4 is 20.0 Å². The highest BCUT2D eigenvalue weighted by Crippen LogP contribution is 2.46. The minimum absolute atomic E-state index is 0.0406. The number of ether oxygens (including phenoxy) is 1. The summed E-state index contributed by atoms with van der Waals surface area (Å²) in [7, 11) is 1.71. The number of nitrogens with zero attached hydrogens (tertiary/aromatic N) is 7. The van der Waals surface area contributed by atoms with Crippen molar-refractivity contribution in [3.8, 4) is 6.07 Å². The van der Waals surface area contributed by atoms with Gasteiger partial charge in [0.15, 0.2) is 0 Å². The Balaban J connectivity index is 0.745. The number of methoxy groups -OCH3 is 1. The van der Waals surface area contributed by atoms with Gasteiger partial charge in [-0.1, -0.05) is 11.6 Å². The van der Waals surface area contributed by atoms with Crippen molar-refractivity contribution in [2.75, 3.05) is 87.3 Å². The predicted molar refractivity (Wildman–Crippen MR) is 225 cm³/mol. The minimum Gasteiger partial charge on any atom is -0.373 e. The second-order valence-corrected chi connectivity index (χ2v) is 17.9. The van der Waals surface area contributed by atoms with Crippen LogP contribution in [0, 0.1) is 16.7 Å². The Bertz CT molecular complexity index is 2290. The van der Waals surface area contributed by atoms with Crippen molar-refractivity contribution in [3.05, 3.63) is 87.9 Å². The van der Waals surface area contributed by atoms with Gasteiger partial charge in [-0.05, 0) is 98.7 Å². The van der Waals surface area contributed by atoms with Crippen LogP contribution in [-0.2, 0) is 14.3 Å². The molecule has 0 bridgehead atoms. The van der Waals surface area contributed by atoms with E-state index in [1.165, 1.54) is 0 Å². The van der Waals surface area contributed by atoms with Crippen molar-refractivity contribution in [2.24, 2.45) is 5.41 Å². The molecule has 312 valence electrons. The van der Waals surface area contributed by atoms with E-state index >= 15 is 0 Å². The molecule has 5 amide bonds. The lowest BCUT2D eigenvalue weighted by atomic mass is 9.76. The molecule has 1 N–H and O–H groups in total. The van der Waals surface area contributed by atoms with Crippen LogP contribution in [0.3, 0.4) is 0 Å². The Labute approximate surface area is 354 Å². The zero-order valence-electron chi connectivity index (χ0n) is 34.0. The lowest BCUT2D eigenvalue weighted by molar-refractivity contribution is -0.136. The van der Waals surface area contributed by atoms with Crippen molar-refractivity contribution in [1.82, 2.24) is 20.0 Å². The molecule has 6 heterocycles. The Kier molecular flexibility index (Phi) is 10.3. The summed E-state index contributed by atoms with van der Waals surface area (Å²) in [6.45, 7) is 9.75. The summed E-state index contributed by atoms with van der Waals surface area (Å²) >= 11 is 6.38. The molecule has 1 spiro atoms. The van der Waals surface area contributed by atoms with E-state index < -0.39 is 35.3 Å². The molecule has 0 radical (unpaired) electrons. The number of nitrogens with one attached hydrogen (secondary N) is 1. The van der Waals surface area contributed by atoms with E-state index in [-0.39, 0.29) is 35.3 Å². The SMILES string of the molecule is COC1(CN2CCN(C(=O)c3ccc(N4CCC5(CC4)CC(C)N(c4ccc(C#N)c(Cl)c4)C5)cc3)CC2)CN(c2ccc3c(c2)C(=O)N(C2CCC(=O)NC2=O)C3=O)C1. The van der Waals surface area contributed by atoms with Gasteiger partial charge in [0, 0.05) is 94.6 Å². The molecule has 6 aliphatic heterocycles. The average Bonchev–Trinajstić information content (AvgIpc) is 3.69. The number of hydrogen-bond donors (Lipinski definition) is 1. The van der Waals surface area contributed by atoms with Gasteiger partial charge in [-0.15, -0.1) is 0 Å². The number of carbonyl (C=O) groups excluding carboxylic acids is 5. The number of imide groups is 2. The average molecular weight is 833 g/mol. The van der Waals surface area contributed by atoms with E-state index in [2.05, 4.69) is 50.0 Å². The molecule has 6 aliphatic rings. The fourth-order valence-electron chi connectivity index (χ4n) is 10.3. The van der Waals surface area contributed by atoms with Gasteiger partial charge in [-0.25, -0.2) is 0 Å². The molecule has 14 nitrogen and oxygen atoms in total. The van der Waals surface area contributed by atoms with Gasteiger partial charge in [0.1, 0.15) is 17.7 Å². The Hall–Kier alpha value is -5.49. The molecule has 0 aliphatic carbocycles. The molecule has 0 saturated carbocycles. The molecule has 3 aromatic carbocycles. The Morgan fingerprint density at radius 1 is 0.850 bits per heavy atom. The maximum Gasteiger partial charge on any atom is 0.262 e. The second kappa shape index (κ2) is 15.5. The Morgan fingerprint density at radius 2 is 1.53 bits per heavy atom. The number of halogens is 1. The molecule has 9 rings (SSSR count). The highest BCUT2D eigenvalue weighted by Gasteiger charge is 2.48. The largest absolute Gasteiger partial charge is 0.373 e. The number of anilines is 3. The molecule has 60 heavy (non-hydrogen) atoms. The number of amides is 5. The van der Waals surface area contributed by atoms with Gasteiger partial charge in [-0.2, -0.15) is 5.26 Å². The van der Waals surface area contributed by atoms with E-state index in [1.807, 2.05) is 41.3 Å². The maximum absolute atomic E-state index is 13.6. The van der Waals surface area contributed by atoms with Crippen LogP contribution in [0.4, 0.5) is 17.1 Å². The van der Waals surface area contributed by atoms with Gasteiger partial charge >= 0.3 is 0 Å². The number of hydrogen-bond acceptors (Lipinski definition) is 11. The third kappa shape index (κ3) is 7.16. The third-order valence-electron chi connectivity index (χ3n) is 13.8. The van der Waals surface area contributed by atoms with Gasteiger partial charge in [0.05, 0.1) is 34.8 Å². The van der Waals surface area contributed by atoms with Crippen LogP contribution >= 0.6 is 11.6 Å². The van der Waals surface area contributed by atoms with Crippen molar-refractivity contribution < 1.29 is 28.7 Å². The van der Waals surface area contributed by atoms with Crippen LogP contribution in [0.25, 0.3) is 0 Å². The number of nitriles is 1. The molecule has 15 heteroatoms. The first-order valence-electron chi connectivity index (χ1n) is 20.9. The molecular weight excluding hydrogens is 784 g/mol. The predicted octanol–water partition coefficient (Wildman–Crippen LogP) is 4.16. The third-order valence-corrected chi connectivity index (χ3v) is 14.1. The van der Waals surface area contributed by atoms with Crippen molar-refractivity contribution in [2.45, 2.75) is 56.7 Å². The smallest absolute Gasteiger partial charge is 0.262 e. The minimum atomic E-state index is -1.00. The molecule has 5 saturated heterocycles. The van der Waals surface area contributed by atoms with Crippen LogP contribution in [0.5, 0.6) is 0 Å². The summed E-state index contributed by atoms with van der Waals surface area (Å²) in [5.41, 5.74) is 4.53. The molecule has 5 fully saturated rings. The second-order valence-electron chi connectivity index (χ2n) is 17.5. The zero-order chi connectivity index (χ0) is 41.9. The summed E-state index contributed by atoms with van der Waals surface area (Å²) < 4.78 is 6.06. The van der Waals surface area contributed by atoms with E-state index in [9.17, 15) is 29.2 Å². The maximum atomic E-state index is 13.6. The number of benzene rings is 3. The number of carbonyl (C=O) groups is 5. The highest BCUT2D eigenvalue weighted by atomic mass is 35.5. The first kappa shape index (κ1) is 39.9. The van der Waals surface area contributed by atoms with Gasteiger partial charge in [0.2, 0.25) is 11.8 Å². The number of fused-ring (bicyclic) bond motifs is 1. The number of piperazine rings is 1. The summed E-state index contributed by atoms with van der Waals surface area (Å²) in [5.74, 6) is -2.04. The molecule has 2 atom stereocenters. The van der Waals surface area contributed by atoms with E-state index in [0.717, 1.165) is 73.9 Å². The van der Waals surface area contributed by atoms with Crippen molar-refractivity contribution in [3.63, 3.8) is 0 Å². The topological polar surface area (TPSA) is 150 Å². The zero-order valence-corrected chi connectivity index (χ0v) is 34.7. The normalized spacial score (nSPS) is 23.8. The molecule has 3 aromatic rings. The van der Waals surface area contributed by atoms with Crippen LogP contribution in [0.15, 0.2) is 60.7 Å². The number of piperidine rings is 2. The van der Waals surface area contributed by atoms with Gasteiger partial charge in [-0.3, -0.25) is 39.1 Å². The molecule has 0 aromatic heterocycles. The summed E-state index contributed by atoms with van der Waals surface area (Å²) in [6, 6.07) is 20.5. The summed E-state index contributed by atoms with van der Waals surface area (Å²) in [4.78, 5) is 76.5.